The molecular formula is C48H52F6N8O7. The minimum atomic E-state index is -4.96. The van der Waals surface area contributed by atoms with E-state index >= 15 is 0 Å². The van der Waals surface area contributed by atoms with Crippen molar-refractivity contribution in [3.8, 4) is 11.1 Å². The van der Waals surface area contributed by atoms with Gasteiger partial charge in [-0.3, -0.25) is 38.5 Å². The van der Waals surface area contributed by atoms with Crippen molar-refractivity contribution in [3.05, 3.63) is 112 Å². The summed E-state index contributed by atoms with van der Waals surface area (Å²) >= 11 is 0. The van der Waals surface area contributed by atoms with Crippen LogP contribution in [0.25, 0.3) is 11.1 Å². The van der Waals surface area contributed by atoms with Gasteiger partial charge in [0.1, 0.15) is 34.3 Å². The number of benzene rings is 2. The van der Waals surface area contributed by atoms with Crippen LogP contribution < -0.4 is 15.5 Å². The van der Waals surface area contributed by atoms with Crippen LogP contribution in [-0.4, -0.2) is 78.5 Å². The van der Waals surface area contributed by atoms with Gasteiger partial charge in [0.05, 0.1) is 47.1 Å². The number of hydrogen-bond acceptors (Lipinski definition) is 10. The third-order valence-electron chi connectivity index (χ3n) is 10.8. The molecule has 0 fully saturated rings. The smallest absolute Gasteiger partial charge is 0.437 e. The van der Waals surface area contributed by atoms with Crippen LogP contribution in [0.2, 0.25) is 0 Å². The summed E-state index contributed by atoms with van der Waals surface area (Å²) in [5.41, 5.74) is 5.14. The first-order valence-electron chi connectivity index (χ1n) is 21.8. The van der Waals surface area contributed by atoms with Crippen LogP contribution in [-0.2, 0) is 57.6 Å². The Hall–Kier alpha value is -7.06. The molecule has 2 aliphatic heterocycles. The molecule has 5 aromatic rings. The summed E-state index contributed by atoms with van der Waals surface area (Å²) in [6.45, 7) is 13.7. The van der Waals surface area contributed by atoms with Crippen LogP contribution >= 0.6 is 0 Å². The number of nitrogens with two attached hydrogens (primary N) is 1. The van der Waals surface area contributed by atoms with Gasteiger partial charge in [-0.25, -0.2) is 22.8 Å². The number of carbonyl (C=O) groups is 5. The van der Waals surface area contributed by atoms with E-state index in [9.17, 15) is 50.3 Å². The Balaban J connectivity index is 0.000000325. The van der Waals surface area contributed by atoms with E-state index in [0.717, 1.165) is 44.9 Å². The second kappa shape index (κ2) is 19.9. The number of aryl methyl sites for hydroxylation is 1. The number of rotatable bonds is 11. The van der Waals surface area contributed by atoms with Crippen molar-refractivity contribution in [3.63, 3.8) is 0 Å². The minimum absolute atomic E-state index is 0.0131. The van der Waals surface area contributed by atoms with Crippen LogP contribution in [0.1, 0.15) is 105 Å². The molecule has 0 aliphatic carbocycles. The maximum Gasteiger partial charge on any atom is 0.437 e. The van der Waals surface area contributed by atoms with Crippen LogP contribution in [0.3, 0.4) is 0 Å². The molecule has 0 spiro atoms. The van der Waals surface area contributed by atoms with E-state index in [4.69, 9.17) is 15.2 Å². The Morgan fingerprint density at radius 3 is 1.88 bits per heavy atom. The molecule has 21 heteroatoms. The highest BCUT2D eigenvalue weighted by Gasteiger charge is 2.45. The predicted molar refractivity (Wildman–Crippen MR) is 240 cm³/mol. The van der Waals surface area contributed by atoms with Gasteiger partial charge in [-0.05, 0) is 103 Å². The van der Waals surface area contributed by atoms with E-state index in [1.807, 2.05) is 27.7 Å². The van der Waals surface area contributed by atoms with Gasteiger partial charge in [-0.15, -0.1) is 0 Å². The zero-order valence-electron chi connectivity index (χ0n) is 39.3. The molecule has 0 saturated heterocycles. The normalized spacial score (nSPS) is 13.9. The van der Waals surface area contributed by atoms with E-state index < -0.39 is 82.0 Å². The monoisotopic (exact) mass is 966 g/mol. The number of pyridine rings is 1. The molecule has 0 radical (unpaired) electrons. The molecule has 15 nitrogen and oxygen atoms in total. The number of hydrogen-bond donors (Lipinski definition) is 1. The highest BCUT2D eigenvalue weighted by molar-refractivity contribution is 5.95. The van der Waals surface area contributed by atoms with Crippen molar-refractivity contribution < 1.29 is 59.8 Å². The number of nitrogens with zero attached hydrogens (tertiary/aromatic N) is 7. The molecular weight excluding hydrogens is 915 g/mol. The van der Waals surface area contributed by atoms with Crippen molar-refractivity contribution in [1.82, 2.24) is 24.5 Å². The SMILES string of the molecule is CC(=O)Cn1nc(C)c2c1CCN2C(=O)OC(C)(C)C.CC(C)(C)OC(=O)N1CCc2c1c(C(F)(F)F)nn2CC(=O)C[C@@H](Cc1cc(F)cc(F)c1)c1ncccc1-c1ccc(F)c(C(N)=O)c1. The predicted octanol–water partition coefficient (Wildman–Crippen LogP) is 8.84. The summed E-state index contributed by atoms with van der Waals surface area (Å²) in [5.74, 6) is -5.09. The van der Waals surface area contributed by atoms with Crippen LogP contribution in [0.4, 0.5) is 47.3 Å². The molecule has 0 unspecified atom stereocenters. The third-order valence-corrected chi connectivity index (χ3v) is 10.8. The van der Waals surface area contributed by atoms with Gasteiger partial charge < -0.3 is 15.2 Å². The van der Waals surface area contributed by atoms with Gasteiger partial charge >= 0.3 is 18.4 Å². The zero-order chi connectivity index (χ0) is 50.9. The first-order valence-corrected chi connectivity index (χ1v) is 21.8. The molecule has 0 bridgehead atoms. The number of anilines is 2. The van der Waals surface area contributed by atoms with Gasteiger partial charge in [0.25, 0.3) is 5.91 Å². The number of aromatic nitrogens is 5. The molecule has 7 rings (SSSR count). The number of amides is 3. The largest absolute Gasteiger partial charge is 0.443 e. The Kier molecular flexibility index (Phi) is 14.8. The topological polar surface area (TPSA) is 185 Å². The molecule has 2 aromatic carbocycles. The molecule has 69 heavy (non-hydrogen) atoms. The van der Waals surface area contributed by atoms with Crippen molar-refractivity contribution in [1.29, 1.82) is 0 Å². The number of fused-ring (bicyclic) bond motifs is 2. The van der Waals surface area contributed by atoms with Gasteiger partial charge in [0.2, 0.25) is 0 Å². The van der Waals surface area contributed by atoms with E-state index in [0.29, 0.717) is 30.2 Å². The quantitative estimate of drug-likeness (QED) is 0.125. The number of ketones is 2. The molecule has 3 aromatic heterocycles. The maximum atomic E-state index is 14.3. The van der Waals surface area contributed by atoms with Gasteiger partial charge in [0.15, 0.2) is 17.3 Å². The Bertz CT molecular complexity index is 2790. The lowest BCUT2D eigenvalue weighted by Gasteiger charge is -2.24. The summed E-state index contributed by atoms with van der Waals surface area (Å²) < 4.78 is 98.5. The fourth-order valence-electron chi connectivity index (χ4n) is 8.21. The Labute approximate surface area is 393 Å². The van der Waals surface area contributed by atoms with Crippen molar-refractivity contribution >= 4 is 41.0 Å². The molecule has 0 saturated carbocycles. The summed E-state index contributed by atoms with van der Waals surface area (Å²) in [7, 11) is 0. The number of primary amides is 1. The van der Waals surface area contributed by atoms with Crippen molar-refractivity contribution in [2.75, 3.05) is 22.9 Å². The average molecular weight is 967 g/mol. The molecule has 1 atom stereocenters. The molecule has 5 heterocycles. The standard InChI is InChI=1S/C34H31F6N5O4.C14H21N3O3/c1-33(2,3)49-32(48)44-10-8-27-29(44)30(34(38,39)40)43-45(27)17-23(46)14-20(11-18-12-21(35)16-22(36)13-18)28-24(5-4-9-42-28)19-6-7-26(37)25(15-19)31(41)47;1-9(18)8-17-11-6-7-16(12(11)10(2)15-17)13(19)20-14(3,4)5/h4-7,9,12-13,15-16,20H,8,10-11,14,17H2,1-3H3,(H2,41,47);6-8H2,1-5H3/t20-;/m1./s1. The highest BCUT2D eigenvalue weighted by atomic mass is 19.4. The third kappa shape index (κ3) is 12.3. The number of carbonyl (C=O) groups excluding carboxylic acids is 5. The number of ether oxygens (including phenoxy) is 2. The minimum Gasteiger partial charge on any atom is -0.443 e. The number of halogens is 6. The zero-order valence-corrected chi connectivity index (χ0v) is 39.3. The van der Waals surface area contributed by atoms with Crippen LogP contribution in [0.5, 0.6) is 0 Å². The van der Waals surface area contributed by atoms with Crippen LogP contribution in [0.15, 0.2) is 54.7 Å². The Morgan fingerprint density at radius 2 is 1.33 bits per heavy atom. The van der Waals surface area contributed by atoms with Gasteiger partial charge in [0, 0.05) is 56.1 Å². The highest BCUT2D eigenvalue weighted by Crippen LogP contribution is 2.42. The molecule has 2 aliphatic rings. The summed E-state index contributed by atoms with van der Waals surface area (Å²) in [6.07, 6.45) is -4.76. The van der Waals surface area contributed by atoms with Crippen LogP contribution in [0, 0.1) is 24.4 Å². The number of alkyl halides is 3. The van der Waals surface area contributed by atoms with Gasteiger partial charge in [-0.2, -0.15) is 23.4 Å². The fraction of sp³-hybridized carbons (Fsp3) is 0.417. The maximum absolute atomic E-state index is 14.3. The lowest BCUT2D eigenvalue weighted by molar-refractivity contribution is -0.141. The Morgan fingerprint density at radius 1 is 0.768 bits per heavy atom. The van der Waals surface area contributed by atoms with E-state index in [1.165, 1.54) is 25.3 Å². The van der Waals surface area contributed by atoms with Crippen molar-refractivity contribution in [2.24, 2.45) is 5.73 Å². The summed E-state index contributed by atoms with van der Waals surface area (Å²) in [6, 6.07) is 9.58. The fourth-order valence-corrected chi connectivity index (χ4v) is 8.21. The molecule has 2 N–H and O–H groups in total. The van der Waals surface area contributed by atoms with Crippen molar-refractivity contribution in [2.45, 2.75) is 117 Å². The second-order valence-corrected chi connectivity index (χ2v) is 18.7. The lowest BCUT2D eigenvalue weighted by atomic mass is 9.86. The van der Waals surface area contributed by atoms with E-state index in [2.05, 4.69) is 15.2 Å². The lowest BCUT2D eigenvalue weighted by Crippen LogP contribution is -2.36. The molecule has 3 amide bonds. The summed E-state index contributed by atoms with van der Waals surface area (Å²) in [5, 5.41) is 8.03. The number of Topliss-reactive ketones (excluding diaryl/α,β-unsaturated/α-hetero) is 2. The van der Waals surface area contributed by atoms with E-state index in [1.54, 1.807) is 42.5 Å². The summed E-state index contributed by atoms with van der Waals surface area (Å²) in [4.78, 5) is 68.7. The first kappa shape index (κ1) is 51.3. The first-order chi connectivity index (χ1) is 32.1. The second-order valence-electron chi connectivity index (χ2n) is 18.7. The van der Waals surface area contributed by atoms with Gasteiger partial charge in [-0.1, -0.05) is 12.1 Å². The average Bonchev–Trinajstić information content (AvgIpc) is 3.99. The van der Waals surface area contributed by atoms with E-state index in [-0.39, 0.29) is 61.2 Å². The molecule has 368 valence electrons.